The number of para-hydroxylation sites is 1. The van der Waals surface area contributed by atoms with Gasteiger partial charge in [0.2, 0.25) is 0 Å². The van der Waals surface area contributed by atoms with Crippen molar-refractivity contribution < 1.29 is 4.74 Å². The number of hydrogen-bond acceptors (Lipinski definition) is 4. The van der Waals surface area contributed by atoms with Crippen molar-refractivity contribution >= 4 is 41.3 Å². The molecule has 0 aliphatic carbocycles. The predicted molar refractivity (Wildman–Crippen MR) is 133 cm³/mol. The fourth-order valence-electron chi connectivity index (χ4n) is 2.91. The first kappa shape index (κ1) is 23.2. The number of aryl methyl sites for hydroxylation is 1. The summed E-state index contributed by atoms with van der Waals surface area (Å²) in [6.45, 7) is 3.53. The van der Waals surface area contributed by atoms with Gasteiger partial charge in [-0.2, -0.15) is 0 Å². The largest absolute Gasteiger partial charge is 0.496 e. The maximum atomic E-state index is 5.41. The van der Waals surface area contributed by atoms with Crippen molar-refractivity contribution in [1.29, 1.82) is 0 Å². The van der Waals surface area contributed by atoms with E-state index >= 15 is 0 Å². The maximum Gasteiger partial charge on any atom is 0.191 e. The van der Waals surface area contributed by atoms with Gasteiger partial charge in [-0.05, 0) is 25.0 Å². The summed E-state index contributed by atoms with van der Waals surface area (Å²) in [5, 5.41) is 7.80. The Morgan fingerprint density at radius 2 is 1.79 bits per heavy atom. The van der Waals surface area contributed by atoms with Crippen molar-refractivity contribution in [2.45, 2.75) is 19.9 Å². The van der Waals surface area contributed by atoms with Crippen molar-refractivity contribution in [2.75, 3.05) is 20.7 Å². The number of benzene rings is 2. The van der Waals surface area contributed by atoms with Crippen LogP contribution >= 0.6 is 35.3 Å². The topological polar surface area (TPSA) is 58.5 Å². The molecule has 154 valence electrons. The van der Waals surface area contributed by atoms with E-state index < -0.39 is 0 Å². The molecule has 0 fully saturated rings. The lowest BCUT2D eigenvalue weighted by Crippen LogP contribution is -2.37. The van der Waals surface area contributed by atoms with E-state index in [2.05, 4.69) is 40.7 Å². The quantitative estimate of drug-likeness (QED) is 0.270. The first-order valence-electron chi connectivity index (χ1n) is 9.29. The minimum atomic E-state index is 0. The number of rotatable bonds is 7. The number of aromatic nitrogens is 1. The Morgan fingerprint density at radius 1 is 1.07 bits per heavy atom. The Labute approximate surface area is 193 Å². The number of guanidine groups is 1. The second kappa shape index (κ2) is 11.8. The number of halogens is 1. The van der Waals surface area contributed by atoms with Crippen LogP contribution in [0.1, 0.15) is 16.1 Å². The molecule has 0 bridgehead atoms. The van der Waals surface area contributed by atoms with Crippen molar-refractivity contribution in [1.82, 2.24) is 15.6 Å². The summed E-state index contributed by atoms with van der Waals surface area (Å²) >= 11 is 1.72. The molecule has 0 atom stereocenters. The van der Waals surface area contributed by atoms with Crippen LogP contribution in [-0.4, -0.2) is 31.6 Å². The molecule has 7 heteroatoms. The van der Waals surface area contributed by atoms with Crippen LogP contribution in [0.2, 0.25) is 0 Å². The number of aliphatic imine (C=N–C) groups is 1. The fraction of sp³-hybridized carbons (Fsp3) is 0.273. The van der Waals surface area contributed by atoms with Crippen LogP contribution in [0.3, 0.4) is 0 Å². The molecule has 5 nitrogen and oxygen atoms in total. The maximum absolute atomic E-state index is 5.41. The van der Waals surface area contributed by atoms with Crippen LogP contribution in [-0.2, 0) is 13.0 Å². The Balaban J connectivity index is 0.00000300. The average molecular weight is 522 g/mol. The number of ether oxygens (including phenoxy) is 1. The summed E-state index contributed by atoms with van der Waals surface area (Å²) in [7, 11) is 3.49. The van der Waals surface area contributed by atoms with Crippen LogP contribution < -0.4 is 15.4 Å². The number of thiazole rings is 1. The first-order chi connectivity index (χ1) is 13.7. The Morgan fingerprint density at radius 3 is 2.52 bits per heavy atom. The number of nitrogens with one attached hydrogen (secondary N) is 2. The van der Waals surface area contributed by atoms with Crippen molar-refractivity contribution in [3.05, 3.63) is 70.7 Å². The molecule has 0 aliphatic rings. The van der Waals surface area contributed by atoms with Gasteiger partial charge in [-0.25, -0.2) is 4.98 Å². The summed E-state index contributed by atoms with van der Waals surface area (Å²) in [4.78, 5) is 10.2. The summed E-state index contributed by atoms with van der Waals surface area (Å²) < 4.78 is 5.41. The zero-order valence-electron chi connectivity index (χ0n) is 16.9. The molecule has 0 saturated heterocycles. The molecule has 29 heavy (non-hydrogen) atoms. The SMILES string of the molecule is CN=C(NCCc1ccccc1OC)NCc1sc(-c2ccccc2)nc1C.I. The third-order valence-electron chi connectivity index (χ3n) is 4.43. The van der Waals surface area contributed by atoms with Crippen molar-refractivity contribution in [2.24, 2.45) is 4.99 Å². The Hall–Kier alpha value is -2.13. The summed E-state index contributed by atoms with van der Waals surface area (Å²) in [6.07, 6.45) is 0.864. The van der Waals surface area contributed by atoms with E-state index in [0.717, 1.165) is 40.9 Å². The number of nitrogens with zero attached hydrogens (tertiary/aromatic N) is 2. The van der Waals surface area contributed by atoms with E-state index in [0.29, 0.717) is 6.54 Å². The Kier molecular flexibility index (Phi) is 9.40. The van der Waals surface area contributed by atoms with E-state index in [4.69, 9.17) is 9.72 Å². The molecule has 3 aromatic rings. The van der Waals surface area contributed by atoms with Crippen molar-refractivity contribution in [3.63, 3.8) is 0 Å². The van der Waals surface area contributed by atoms with Gasteiger partial charge in [0.15, 0.2) is 5.96 Å². The second-order valence-corrected chi connectivity index (χ2v) is 7.39. The van der Waals surface area contributed by atoms with Gasteiger partial charge in [0, 0.05) is 24.0 Å². The summed E-state index contributed by atoms with van der Waals surface area (Å²) in [5.41, 5.74) is 3.39. The standard InChI is InChI=1S/C22H26N4OS.HI/c1-16-20(28-21(26-16)18-10-5-4-6-11-18)15-25-22(23-2)24-14-13-17-9-7-8-12-19(17)27-3;/h4-12H,13-15H2,1-3H3,(H2,23,24,25);1H. The molecule has 0 unspecified atom stereocenters. The molecule has 1 heterocycles. The lowest BCUT2D eigenvalue weighted by atomic mass is 10.1. The lowest BCUT2D eigenvalue weighted by Gasteiger charge is -2.12. The minimum absolute atomic E-state index is 0. The monoisotopic (exact) mass is 522 g/mol. The zero-order chi connectivity index (χ0) is 19.8. The third-order valence-corrected chi connectivity index (χ3v) is 5.64. The number of methoxy groups -OCH3 is 1. The molecule has 0 amide bonds. The molecule has 2 aromatic carbocycles. The van der Waals surface area contributed by atoms with Gasteiger partial charge in [-0.1, -0.05) is 48.5 Å². The van der Waals surface area contributed by atoms with Gasteiger partial charge in [-0.15, -0.1) is 35.3 Å². The highest BCUT2D eigenvalue weighted by Gasteiger charge is 2.10. The highest BCUT2D eigenvalue weighted by molar-refractivity contribution is 14.0. The van der Waals surface area contributed by atoms with Gasteiger partial charge < -0.3 is 15.4 Å². The van der Waals surface area contributed by atoms with E-state index in [1.807, 2.05) is 36.4 Å². The molecular weight excluding hydrogens is 495 g/mol. The molecule has 3 rings (SSSR count). The highest BCUT2D eigenvalue weighted by Crippen LogP contribution is 2.27. The molecule has 0 aliphatic heterocycles. The zero-order valence-corrected chi connectivity index (χ0v) is 20.1. The average Bonchev–Trinajstić information content (AvgIpc) is 3.12. The lowest BCUT2D eigenvalue weighted by molar-refractivity contribution is 0.409. The normalized spacial score (nSPS) is 10.9. The number of hydrogen-bond donors (Lipinski definition) is 2. The van der Waals surface area contributed by atoms with Crippen molar-refractivity contribution in [3.8, 4) is 16.3 Å². The molecular formula is C22H27IN4OS. The fourth-order valence-corrected chi connectivity index (χ4v) is 3.91. The smallest absolute Gasteiger partial charge is 0.191 e. The van der Waals surface area contributed by atoms with Gasteiger partial charge in [-0.3, -0.25) is 4.99 Å². The molecule has 1 aromatic heterocycles. The Bertz CT molecular complexity index is 928. The van der Waals surface area contributed by atoms with Gasteiger partial charge in [0.1, 0.15) is 10.8 Å². The molecule has 0 saturated carbocycles. The molecule has 2 N–H and O–H groups in total. The van der Waals surface area contributed by atoms with E-state index in [-0.39, 0.29) is 24.0 Å². The van der Waals surface area contributed by atoms with Crippen LogP contribution in [0.15, 0.2) is 59.6 Å². The van der Waals surface area contributed by atoms with E-state index in [1.54, 1.807) is 25.5 Å². The minimum Gasteiger partial charge on any atom is -0.496 e. The van der Waals surface area contributed by atoms with Crippen LogP contribution in [0.4, 0.5) is 0 Å². The van der Waals surface area contributed by atoms with Gasteiger partial charge in [0.05, 0.1) is 19.3 Å². The van der Waals surface area contributed by atoms with E-state index in [9.17, 15) is 0 Å². The van der Waals surface area contributed by atoms with Gasteiger partial charge >= 0.3 is 0 Å². The second-order valence-electron chi connectivity index (χ2n) is 6.31. The first-order valence-corrected chi connectivity index (χ1v) is 10.1. The van der Waals surface area contributed by atoms with Crippen LogP contribution in [0, 0.1) is 6.92 Å². The summed E-state index contributed by atoms with van der Waals surface area (Å²) in [5.74, 6) is 1.70. The molecule has 0 spiro atoms. The highest BCUT2D eigenvalue weighted by atomic mass is 127. The predicted octanol–water partition coefficient (Wildman–Crippen LogP) is 4.65. The molecule has 0 radical (unpaired) electrons. The van der Waals surface area contributed by atoms with E-state index in [1.165, 1.54) is 10.4 Å². The third kappa shape index (κ3) is 6.43. The van der Waals surface area contributed by atoms with Gasteiger partial charge in [0.25, 0.3) is 0 Å². The van der Waals surface area contributed by atoms with Crippen LogP contribution in [0.25, 0.3) is 10.6 Å². The van der Waals surface area contributed by atoms with Crippen LogP contribution in [0.5, 0.6) is 5.75 Å². The summed E-state index contributed by atoms with van der Waals surface area (Å²) in [6, 6.07) is 18.4.